The summed E-state index contributed by atoms with van der Waals surface area (Å²) in [5.41, 5.74) is 6.98. The topological polar surface area (TPSA) is 88.3 Å². The van der Waals surface area contributed by atoms with Crippen molar-refractivity contribution in [3.8, 4) is 0 Å². The van der Waals surface area contributed by atoms with E-state index in [1.807, 2.05) is 6.92 Å². The van der Waals surface area contributed by atoms with Crippen LogP contribution in [0.3, 0.4) is 0 Å². The number of piperidine rings is 1. The molecule has 1 saturated heterocycles. The summed E-state index contributed by atoms with van der Waals surface area (Å²) in [5.74, 6) is 0. The van der Waals surface area contributed by atoms with Crippen molar-refractivity contribution in [1.29, 1.82) is 0 Å². The number of rotatable bonds is 4. The van der Waals surface area contributed by atoms with Crippen molar-refractivity contribution in [3.63, 3.8) is 0 Å². The highest BCUT2D eigenvalue weighted by molar-refractivity contribution is 7.90. The Morgan fingerprint density at radius 1 is 1.47 bits per heavy atom. The Labute approximate surface area is 114 Å². The van der Waals surface area contributed by atoms with Crippen LogP contribution < -0.4 is 10.5 Å². The van der Waals surface area contributed by atoms with Gasteiger partial charge < -0.3 is 5.73 Å². The van der Waals surface area contributed by atoms with Crippen LogP contribution in [0.15, 0.2) is 18.3 Å². The molecular weight excluding hydrogens is 264 g/mol. The lowest BCUT2D eigenvalue weighted by Gasteiger charge is -2.33. The number of aromatic nitrogens is 1. The molecule has 0 aliphatic carbocycles. The molecule has 106 valence electrons. The Bertz CT molecular complexity index is 515. The van der Waals surface area contributed by atoms with Crippen LogP contribution in [0, 0.1) is 6.92 Å². The molecule has 0 amide bonds. The van der Waals surface area contributed by atoms with Crippen LogP contribution in [0.1, 0.15) is 25.0 Å². The average molecular weight is 284 g/mol. The van der Waals surface area contributed by atoms with E-state index < -0.39 is 10.2 Å². The number of nitrogens with one attached hydrogen (secondary N) is 1. The summed E-state index contributed by atoms with van der Waals surface area (Å²) in [6.45, 7) is 2.73. The molecule has 6 nitrogen and oxygen atoms in total. The van der Waals surface area contributed by atoms with Gasteiger partial charge in [0.25, 0.3) is 0 Å². The largest absolute Gasteiger partial charge is 0.329 e. The first kappa shape index (κ1) is 14.2. The second kappa shape index (κ2) is 5.85. The number of hydrogen-bond donors (Lipinski definition) is 2. The molecule has 1 unspecified atom stereocenters. The van der Waals surface area contributed by atoms with Crippen LogP contribution in [0.25, 0.3) is 0 Å². The second-order valence-corrected chi connectivity index (χ2v) is 6.41. The molecule has 1 aliphatic rings. The van der Waals surface area contributed by atoms with E-state index in [1.54, 1.807) is 12.1 Å². The molecule has 1 aromatic heterocycles. The molecule has 0 saturated carbocycles. The summed E-state index contributed by atoms with van der Waals surface area (Å²) >= 11 is 0. The number of aryl methyl sites for hydroxylation is 1. The van der Waals surface area contributed by atoms with Crippen LogP contribution in [-0.4, -0.2) is 36.8 Å². The van der Waals surface area contributed by atoms with Gasteiger partial charge in [0.05, 0.1) is 11.9 Å². The zero-order valence-electron chi connectivity index (χ0n) is 11.0. The lowest BCUT2D eigenvalue weighted by Crippen LogP contribution is -2.49. The van der Waals surface area contributed by atoms with E-state index in [9.17, 15) is 8.42 Å². The first-order chi connectivity index (χ1) is 9.03. The molecule has 7 heteroatoms. The van der Waals surface area contributed by atoms with Gasteiger partial charge in [-0.15, -0.1) is 0 Å². The molecule has 3 N–H and O–H groups in total. The fourth-order valence-corrected chi connectivity index (χ4v) is 3.75. The molecule has 1 atom stereocenters. The molecule has 1 fully saturated rings. The van der Waals surface area contributed by atoms with E-state index in [0.29, 0.717) is 18.8 Å². The van der Waals surface area contributed by atoms with Gasteiger partial charge in [0.15, 0.2) is 0 Å². The molecule has 19 heavy (non-hydrogen) atoms. The summed E-state index contributed by atoms with van der Waals surface area (Å²) < 4.78 is 28.7. The maximum atomic E-state index is 12.3. The Balaban J connectivity index is 2.14. The summed E-state index contributed by atoms with van der Waals surface area (Å²) in [7, 11) is -3.55. The van der Waals surface area contributed by atoms with Gasteiger partial charge in [-0.1, -0.05) is 6.42 Å². The first-order valence-electron chi connectivity index (χ1n) is 6.45. The van der Waals surface area contributed by atoms with Crippen LogP contribution in [0.2, 0.25) is 0 Å². The van der Waals surface area contributed by atoms with Gasteiger partial charge in [-0.25, -0.2) is 0 Å². The van der Waals surface area contributed by atoms with E-state index in [-0.39, 0.29) is 6.04 Å². The lowest BCUT2D eigenvalue weighted by atomic mass is 10.1. The number of nitrogens with two attached hydrogens (primary N) is 1. The van der Waals surface area contributed by atoms with E-state index in [4.69, 9.17) is 5.73 Å². The fourth-order valence-electron chi connectivity index (χ4n) is 2.26. The molecule has 1 aliphatic heterocycles. The molecule has 0 spiro atoms. The van der Waals surface area contributed by atoms with Gasteiger partial charge in [0, 0.05) is 24.8 Å². The molecule has 0 bridgehead atoms. The molecule has 2 heterocycles. The Hall–Kier alpha value is -1.18. The van der Waals surface area contributed by atoms with Crippen molar-refractivity contribution >= 4 is 15.9 Å². The zero-order chi connectivity index (χ0) is 13.9. The van der Waals surface area contributed by atoms with Gasteiger partial charge in [-0.2, -0.15) is 12.7 Å². The van der Waals surface area contributed by atoms with Gasteiger partial charge in [0.2, 0.25) is 0 Å². The smallest absolute Gasteiger partial charge is 0.301 e. The zero-order valence-corrected chi connectivity index (χ0v) is 11.9. The number of hydrogen-bond acceptors (Lipinski definition) is 4. The van der Waals surface area contributed by atoms with Crippen molar-refractivity contribution < 1.29 is 8.42 Å². The third-order valence-corrected chi connectivity index (χ3v) is 4.90. The third kappa shape index (κ3) is 3.43. The van der Waals surface area contributed by atoms with E-state index in [1.165, 1.54) is 10.5 Å². The van der Waals surface area contributed by atoms with Crippen LogP contribution in [0.5, 0.6) is 0 Å². The van der Waals surface area contributed by atoms with Crippen molar-refractivity contribution in [2.45, 2.75) is 32.2 Å². The number of nitrogens with zero attached hydrogens (tertiary/aromatic N) is 2. The molecule has 0 aromatic carbocycles. The lowest BCUT2D eigenvalue weighted by molar-refractivity contribution is 0.259. The van der Waals surface area contributed by atoms with E-state index in [0.717, 1.165) is 25.0 Å². The normalized spacial score (nSPS) is 21.3. The van der Waals surface area contributed by atoms with Gasteiger partial charge in [-0.3, -0.25) is 9.71 Å². The highest BCUT2D eigenvalue weighted by Crippen LogP contribution is 2.21. The Morgan fingerprint density at radius 3 is 2.89 bits per heavy atom. The van der Waals surface area contributed by atoms with Crippen molar-refractivity contribution in [3.05, 3.63) is 24.0 Å². The minimum absolute atomic E-state index is 0.107. The maximum absolute atomic E-state index is 12.3. The minimum Gasteiger partial charge on any atom is -0.329 e. The standard InChI is InChI=1S/C12H20N4O2S/c1-10-5-6-11(9-14-10)15-19(17,18)16-7-3-2-4-12(16)8-13/h5-6,9,12,15H,2-4,7-8,13H2,1H3. The van der Waals surface area contributed by atoms with Crippen molar-refractivity contribution in [2.75, 3.05) is 17.8 Å². The highest BCUT2D eigenvalue weighted by Gasteiger charge is 2.31. The van der Waals surface area contributed by atoms with Crippen LogP contribution >= 0.6 is 0 Å². The third-order valence-electron chi connectivity index (χ3n) is 3.31. The summed E-state index contributed by atoms with van der Waals surface area (Å²) in [4.78, 5) is 4.08. The van der Waals surface area contributed by atoms with E-state index >= 15 is 0 Å². The molecular formula is C12H20N4O2S. The Morgan fingerprint density at radius 2 is 2.26 bits per heavy atom. The summed E-state index contributed by atoms with van der Waals surface area (Å²) in [6.07, 6.45) is 4.25. The van der Waals surface area contributed by atoms with E-state index in [2.05, 4.69) is 9.71 Å². The number of anilines is 1. The van der Waals surface area contributed by atoms with Gasteiger partial charge in [-0.05, 0) is 31.9 Å². The van der Waals surface area contributed by atoms with Crippen LogP contribution in [-0.2, 0) is 10.2 Å². The predicted octanol–water partition coefficient (Wildman–Crippen LogP) is 0.860. The van der Waals surface area contributed by atoms with Gasteiger partial charge >= 0.3 is 10.2 Å². The monoisotopic (exact) mass is 284 g/mol. The number of pyridine rings is 1. The predicted molar refractivity (Wildman–Crippen MR) is 74.9 cm³/mol. The average Bonchev–Trinajstić information content (AvgIpc) is 2.41. The second-order valence-electron chi connectivity index (χ2n) is 4.79. The highest BCUT2D eigenvalue weighted by atomic mass is 32.2. The minimum atomic E-state index is -3.55. The fraction of sp³-hybridized carbons (Fsp3) is 0.583. The maximum Gasteiger partial charge on any atom is 0.301 e. The first-order valence-corrected chi connectivity index (χ1v) is 7.89. The summed E-state index contributed by atoms with van der Waals surface area (Å²) in [6, 6.07) is 3.38. The quantitative estimate of drug-likeness (QED) is 0.858. The van der Waals surface area contributed by atoms with Crippen LogP contribution in [0.4, 0.5) is 5.69 Å². The molecule has 0 radical (unpaired) electrons. The van der Waals surface area contributed by atoms with Crippen molar-refractivity contribution in [1.82, 2.24) is 9.29 Å². The summed E-state index contributed by atoms with van der Waals surface area (Å²) in [5, 5.41) is 0. The van der Waals surface area contributed by atoms with Gasteiger partial charge in [0.1, 0.15) is 0 Å². The molecule has 1 aromatic rings. The molecule has 2 rings (SSSR count). The van der Waals surface area contributed by atoms with Crippen molar-refractivity contribution in [2.24, 2.45) is 5.73 Å². The SMILES string of the molecule is Cc1ccc(NS(=O)(=O)N2CCCCC2CN)cn1. The Kier molecular flexibility index (Phi) is 4.38.